The third-order valence-corrected chi connectivity index (χ3v) is 6.59. The first-order valence-electron chi connectivity index (χ1n) is 9.38. The molecule has 0 unspecified atom stereocenters. The molecule has 1 aliphatic heterocycles. The Kier molecular flexibility index (Phi) is 2.89. The van der Waals surface area contributed by atoms with Gasteiger partial charge >= 0.3 is 0 Å². The van der Waals surface area contributed by atoms with Crippen LogP contribution in [0.4, 0.5) is 0 Å². The molecule has 0 saturated heterocycles. The summed E-state index contributed by atoms with van der Waals surface area (Å²) in [5.74, 6) is 1.64. The van der Waals surface area contributed by atoms with Crippen molar-refractivity contribution in [1.82, 2.24) is 0 Å². The molecule has 3 aliphatic carbocycles. The van der Waals surface area contributed by atoms with E-state index < -0.39 is 23.2 Å². The first-order chi connectivity index (χ1) is 11.8. The van der Waals surface area contributed by atoms with Crippen molar-refractivity contribution in [3.8, 4) is 11.5 Å². The lowest BCUT2D eigenvalue weighted by Gasteiger charge is -2.58. The fourth-order valence-electron chi connectivity index (χ4n) is 5.78. The normalized spacial score (nSPS) is 40.4. The van der Waals surface area contributed by atoms with Crippen LogP contribution in [0.5, 0.6) is 11.5 Å². The molecule has 5 atom stereocenters. The fourth-order valence-corrected chi connectivity index (χ4v) is 5.78. The van der Waals surface area contributed by atoms with Gasteiger partial charge in [-0.25, -0.2) is 0 Å². The van der Waals surface area contributed by atoms with Gasteiger partial charge in [-0.3, -0.25) is 0 Å². The highest BCUT2D eigenvalue weighted by Gasteiger charge is 2.70. The lowest BCUT2D eigenvalue weighted by atomic mass is 9.47. The highest BCUT2D eigenvalue weighted by molar-refractivity contribution is 5.63. The van der Waals surface area contributed by atoms with E-state index in [1.807, 2.05) is 32.9 Å². The Balaban J connectivity index is 1.78. The van der Waals surface area contributed by atoms with Crippen LogP contribution in [0.3, 0.4) is 0 Å². The van der Waals surface area contributed by atoms with E-state index in [4.69, 9.17) is 9.47 Å². The van der Waals surface area contributed by atoms with Crippen LogP contribution in [0.15, 0.2) is 24.3 Å². The molecule has 4 nitrogen and oxygen atoms in total. The maximum absolute atomic E-state index is 11.7. The first kappa shape index (κ1) is 15.7. The summed E-state index contributed by atoms with van der Waals surface area (Å²) < 4.78 is 12.5. The number of rotatable bonds is 1. The van der Waals surface area contributed by atoms with E-state index in [1.165, 1.54) is 5.56 Å². The van der Waals surface area contributed by atoms with Crippen molar-refractivity contribution in [3.05, 3.63) is 35.4 Å². The van der Waals surface area contributed by atoms with E-state index in [0.717, 1.165) is 37.0 Å². The summed E-state index contributed by atoms with van der Waals surface area (Å²) in [5, 5.41) is 22.4. The molecule has 5 rings (SSSR count). The van der Waals surface area contributed by atoms with Gasteiger partial charge in [-0.05, 0) is 57.6 Å². The quantitative estimate of drug-likeness (QED) is 0.771. The molecule has 4 heteroatoms. The molecule has 25 heavy (non-hydrogen) atoms. The van der Waals surface area contributed by atoms with Gasteiger partial charge in [0.2, 0.25) is 0 Å². The van der Waals surface area contributed by atoms with Gasteiger partial charge in [-0.2, -0.15) is 0 Å². The van der Waals surface area contributed by atoms with E-state index >= 15 is 0 Å². The van der Waals surface area contributed by atoms with Crippen LogP contribution in [0.2, 0.25) is 0 Å². The van der Waals surface area contributed by atoms with Gasteiger partial charge in [0.1, 0.15) is 17.8 Å². The van der Waals surface area contributed by atoms with Crippen molar-refractivity contribution in [2.45, 2.75) is 75.3 Å². The summed E-state index contributed by atoms with van der Waals surface area (Å²) >= 11 is 0. The summed E-state index contributed by atoms with van der Waals surface area (Å²) in [5.41, 5.74) is 0.505. The maximum atomic E-state index is 11.7. The number of aliphatic hydroxyl groups excluding tert-OH is 1. The highest BCUT2D eigenvalue weighted by Crippen LogP contribution is 2.66. The van der Waals surface area contributed by atoms with Crippen molar-refractivity contribution in [3.63, 3.8) is 0 Å². The molecule has 2 bridgehead atoms. The van der Waals surface area contributed by atoms with E-state index in [2.05, 4.69) is 6.07 Å². The molecular weight excluding hydrogens is 316 g/mol. The highest BCUT2D eigenvalue weighted by atomic mass is 16.5. The smallest absolute Gasteiger partial charge is 0.166 e. The SMILES string of the molecule is CC(C)(C)Oc1ccc2c3c1O[C@H]1[C@@H](O)C=C[C@@]4(O)[C@H](CCC[C@]314)C2. The number of ether oxygens (including phenoxy) is 2. The van der Waals surface area contributed by atoms with Gasteiger partial charge in [0, 0.05) is 5.56 Å². The molecular formula is C21H26O4. The summed E-state index contributed by atoms with van der Waals surface area (Å²) in [6, 6.07) is 4.13. The van der Waals surface area contributed by atoms with Crippen LogP contribution in [0.25, 0.3) is 0 Å². The molecule has 0 aromatic heterocycles. The molecule has 1 fully saturated rings. The van der Waals surface area contributed by atoms with Crippen LogP contribution in [-0.2, 0) is 11.8 Å². The van der Waals surface area contributed by atoms with Gasteiger partial charge < -0.3 is 19.7 Å². The molecule has 0 amide bonds. The number of hydrogen-bond donors (Lipinski definition) is 2. The van der Waals surface area contributed by atoms with Gasteiger partial charge in [0.15, 0.2) is 11.5 Å². The third-order valence-electron chi connectivity index (χ3n) is 6.59. The lowest BCUT2D eigenvalue weighted by Crippen LogP contribution is -2.68. The third kappa shape index (κ3) is 1.79. The Morgan fingerprint density at radius 3 is 2.84 bits per heavy atom. The van der Waals surface area contributed by atoms with Crippen LogP contribution in [0.1, 0.15) is 51.2 Å². The second kappa shape index (κ2) is 4.60. The zero-order valence-electron chi connectivity index (χ0n) is 15.1. The minimum Gasteiger partial charge on any atom is -0.484 e. The minimum absolute atomic E-state index is 0.184. The Morgan fingerprint density at radius 1 is 1.28 bits per heavy atom. The molecule has 1 spiro atoms. The first-order valence-corrected chi connectivity index (χ1v) is 9.38. The molecule has 1 heterocycles. The van der Waals surface area contributed by atoms with Crippen LogP contribution >= 0.6 is 0 Å². The second-order valence-electron chi connectivity index (χ2n) is 9.12. The molecule has 1 aromatic rings. The minimum atomic E-state index is -0.937. The van der Waals surface area contributed by atoms with E-state index in [9.17, 15) is 10.2 Å². The monoisotopic (exact) mass is 342 g/mol. The van der Waals surface area contributed by atoms with E-state index in [1.54, 1.807) is 6.08 Å². The zero-order valence-corrected chi connectivity index (χ0v) is 15.1. The van der Waals surface area contributed by atoms with E-state index in [-0.39, 0.29) is 11.5 Å². The fraction of sp³-hybridized carbons (Fsp3) is 0.619. The van der Waals surface area contributed by atoms with Crippen molar-refractivity contribution in [2.24, 2.45) is 5.92 Å². The zero-order chi connectivity index (χ0) is 17.6. The van der Waals surface area contributed by atoms with Crippen molar-refractivity contribution >= 4 is 0 Å². The number of hydrogen-bond acceptors (Lipinski definition) is 4. The number of aliphatic hydroxyl groups is 2. The van der Waals surface area contributed by atoms with Gasteiger partial charge in [-0.15, -0.1) is 0 Å². The predicted octanol–water partition coefficient (Wildman–Crippen LogP) is 2.88. The Morgan fingerprint density at radius 2 is 2.08 bits per heavy atom. The molecule has 4 aliphatic rings. The maximum Gasteiger partial charge on any atom is 0.166 e. The topological polar surface area (TPSA) is 58.9 Å². The van der Waals surface area contributed by atoms with Crippen molar-refractivity contribution < 1.29 is 19.7 Å². The second-order valence-corrected chi connectivity index (χ2v) is 9.12. The summed E-state index contributed by atoms with van der Waals surface area (Å²) in [7, 11) is 0. The van der Waals surface area contributed by atoms with Gasteiger partial charge in [0.05, 0.1) is 11.0 Å². The standard InChI is InChI=1S/C21H26O4/c1-19(2,3)25-15-7-6-12-11-13-5-4-9-20-16(12)17(15)24-18(20)14(22)8-10-21(13,20)23/h6-8,10,13-14,18,22-23H,4-5,9,11H2,1-3H3/t13-,14+,18+,20+,21-/m1/s1. The summed E-state index contributed by atoms with van der Waals surface area (Å²) in [4.78, 5) is 0. The summed E-state index contributed by atoms with van der Waals surface area (Å²) in [6.07, 6.45) is 6.19. The molecule has 1 saturated carbocycles. The number of benzene rings is 1. The lowest BCUT2D eigenvalue weighted by molar-refractivity contribution is -0.137. The predicted molar refractivity (Wildman–Crippen MR) is 94.1 cm³/mol. The Bertz CT molecular complexity index is 777. The van der Waals surface area contributed by atoms with Crippen LogP contribution in [-0.4, -0.2) is 33.6 Å². The Hall–Kier alpha value is -1.52. The molecule has 2 N–H and O–H groups in total. The van der Waals surface area contributed by atoms with Crippen molar-refractivity contribution in [1.29, 1.82) is 0 Å². The molecule has 1 aromatic carbocycles. The molecule has 0 radical (unpaired) electrons. The Labute approximate surface area is 148 Å². The van der Waals surface area contributed by atoms with Crippen LogP contribution < -0.4 is 9.47 Å². The van der Waals surface area contributed by atoms with Crippen LogP contribution in [0, 0.1) is 5.92 Å². The van der Waals surface area contributed by atoms with Crippen molar-refractivity contribution in [2.75, 3.05) is 0 Å². The van der Waals surface area contributed by atoms with Gasteiger partial charge in [-0.1, -0.05) is 24.6 Å². The average Bonchev–Trinajstić information content (AvgIpc) is 2.86. The average molecular weight is 342 g/mol. The van der Waals surface area contributed by atoms with E-state index in [0.29, 0.717) is 5.75 Å². The largest absolute Gasteiger partial charge is 0.484 e. The summed E-state index contributed by atoms with van der Waals surface area (Å²) in [6.45, 7) is 6.05. The molecule has 134 valence electrons. The van der Waals surface area contributed by atoms with Gasteiger partial charge in [0.25, 0.3) is 0 Å².